The number of carboxylic acid groups (broad SMARTS) is 1. The van der Waals surface area contributed by atoms with Gasteiger partial charge in [0.1, 0.15) is 6.04 Å². The topological polar surface area (TPSA) is 49.3 Å². The third kappa shape index (κ3) is 2.89. The molecular formula is C6H12ClNO2S. The second-order valence-corrected chi connectivity index (χ2v) is 3.53. The van der Waals surface area contributed by atoms with E-state index in [1.165, 1.54) is 0 Å². The summed E-state index contributed by atoms with van der Waals surface area (Å²) in [5.74, 6) is -0.725. The number of carboxylic acids is 1. The molecule has 0 aromatic carbocycles. The lowest BCUT2D eigenvalue weighted by Crippen LogP contribution is -2.29. The van der Waals surface area contributed by atoms with Crippen LogP contribution in [0.5, 0.6) is 0 Å². The zero-order valence-electron chi connectivity index (χ0n) is 6.24. The molecule has 1 aliphatic rings. The highest BCUT2D eigenvalue weighted by Gasteiger charge is 2.27. The molecule has 5 heteroatoms. The van der Waals surface area contributed by atoms with Crippen molar-refractivity contribution in [2.24, 2.45) is 0 Å². The average Bonchev–Trinajstić information content (AvgIpc) is 2.34. The summed E-state index contributed by atoms with van der Waals surface area (Å²) in [7, 11) is 0. The summed E-state index contributed by atoms with van der Waals surface area (Å²) in [4.78, 5) is 10.4. The van der Waals surface area contributed by atoms with Crippen LogP contribution in [0.3, 0.4) is 0 Å². The standard InChI is InChI=1S/C6H11NO2S.ClH/c1-10-4-2-5(6(8)9)7-3-4;/h4-5,7H,2-3H2,1H3,(H,8,9);1H/t4-,5+;/m1./s1. The molecule has 1 saturated heterocycles. The first kappa shape index (κ1) is 11.1. The van der Waals surface area contributed by atoms with Crippen LogP contribution in [0.4, 0.5) is 0 Å². The van der Waals surface area contributed by atoms with Crippen molar-refractivity contribution in [1.82, 2.24) is 5.32 Å². The summed E-state index contributed by atoms with van der Waals surface area (Å²) in [5, 5.41) is 12.0. The molecule has 0 radical (unpaired) electrons. The van der Waals surface area contributed by atoms with E-state index in [1.807, 2.05) is 6.26 Å². The van der Waals surface area contributed by atoms with Gasteiger partial charge in [0.15, 0.2) is 0 Å². The van der Waals surface area contributed by atoms with Gasteiger partial charge in [0, 0.05) is 11.8 Å². The molecule has 0 aromatic rings. The first-order chi connectivity index (χ1) is 4.74. The van der Waals surface area contributed by atoms with E-state index in [-0.39, 0.29) is 18.4 Å². The van der Waals surface area contributed by atoms with Crippen LogP contribution in [0.15, 0.2) is 0 Å². The smallest absolute Gasteiger partial charge is 0.320 e. The Kier molecular flexibility index (Phi) is 4.88. The van der Waals surface area contributed by atoms with Crippen LogP contribution >= 0.6 is 24.2 Å². The fourth-order valence-electron chi connectivity index (χ4n) is 1.07. The van der Waals surface area contributed by atoms with Crippen molar-refractivity contribution in [2.45, 2.75) is 17.7 Å². The highest BCUT2D eigenvalue weighted by Crippen LogP contribution is 2.17. The van der Waals surface area contributed by atoms with E-state index in [4.69, 9.17) is 5.11 Å². The van der Waals surface area contributed by atoms with E-state index in [0.717, 1.165) is 13.0 Å². The summed E-state index contributed by atoms with van der Waals surface area (Å²) in [5.41, 5.74) is 0. The number of nitrogens with one attached hydrogen (secondary N) is 1. The van der Waals surface area contributed by atoms with Gasteiger partial charge in [-0.3, -0.25) is 4.79 Å². The predicted octanol–water partition coefficient (Wildman–Crippen LogP) is 0.586. The highest BCUT2D eigenvalue weighted by atomic mass is 35.5. The van der Waals surface area contributed by atoms with E-state index in [0.29, 0.717) is 5.25 Å². The molecule has 1 heterocycles. The number of rotatable bonds is 2. The predicted molar refractivity (Wildman–Crippen MR) is 48.6 cm³/mol. The molecule has 1 aliphatic heterocycles. The molecule has 1 rings (SSSR count). The summed E-state index contributed by atoms with van der Waals surface area (Å²) >= 11 is 1.73. The number of halogens is 1. The van der Waals surface area contributed by atoms with Gasteiger partial charge in [-0.1, -0.05) is 0 Å². The van der Waals surface area contributed by atoms with E-state index in [9.17, 15) is 4.79 Å². The molecule has 2 N–H and O–H groups in total. The molecule has 0 aliphatic carbocycles. The van der Waals surface area contributed by atoms with Crippen molar-refractivity contribution in [3.8, 4) is 0 Å². The zero-order chi connectivity index (χ0) is 7.56. The molecule has 0 bridgehead atoms. The quantitative estimate of drug-likeness (QED) is 0.681. The number of hydrogen-bond acceptors (Lipinski definition) is 3. The Hall–Kier alpha value is 0.0700. The highest BCUT2D eigenvalue weighted by molar-refractivity contribution is 7.99. The lowest BCUT2D eigenvalue weighted by atomic mass is 10.2. The first-order valence-electron chi connectivity index (χ1n) is 3.23. The lowest BCUT2D eigenvalue weighted by molar-refractivity contribution is -0.139. The third-order valence-electron chi connectivity index (χ3n) is 1.72. The first-order valence-corrected chi connectivity index (χ1v) is 4.52. The Bertz CT molecular complexity index is 145. The normalized spacial score (nSPS) is 29.5. The number of aliphatic carboxylic acids is 1. The van der Waals surface area contributed by atoms with Gasteiger partial charge in [-0.2, -0.15) is 11.8 Å². The average molecular weight is 198 g/mol. The minimum Gasteiger partial charge on any atom is -0.480 e. The molecule has 66 valence electrons. The Labute approximate surface area is 76.3 Å². The number of thioether (sulfide) groups is 1. The van der Waals surface area contributed by atoms with Crippen LogP contribution in [-0.2, 0) is 4.79 Å². The minimum atomic E-state index is -0.725. The summed E-state index contributed by atoms with van der Waals surface area (Å²) in [6.45, 7) is 0.831. The molecule has 0 spiro atoms. The molecule has 2 atom stereocenters. The SMILES string of the molecule is CS[C@H]1CN[C@H](C(=O)O)C1.Cl. The molecule has 0 aromatic heterocycles. The fraction of sp³-hybridized carbons (Fsp3) is 0.833. The molecular weight excluding hydrogens is 186 g/mol. The zero-order valence-corrected chi connectivity index (χ0v) is 7.87. The Morgan fingerprint density at radius 3 is 2.64 bits per heavy atom. The van der Waals surface area contributed by atoms with Crippen LogP contribution in [0.2, 0.25) is 0 Å². The van der Waals surface area contributed by atoms with Crippen molar-refractivity contribution in [2.75, 3.05) is 12.8 Å². The van der Waals surface area contributed by atoms with E-state index in [2.05, 4.69) is 5.32 Å². The maximum absolute atomic E-state index is 10.4. The van der Waals surface area contributed by atoms with Crippen molar-refractivity contribution in [3.63, 3.8) is 0 Å². The van der Waals surface area contributed by atoms with Gasteiger partial charge < -0.3 is 10.4 Å². The summed E-state index contributed by atoms with van der Waals surface area (Å²) in [6, 6.07) is -0.308. The molecule has 11 heavy (non-hydrogen) atoms. The Balaban J connectivity index is 0.000001000. The second-order valence-electron chi connectivity index (χ2n) is 2.39. The van der Waals surface area contributed by atoms with Crippen molar-refractivity contribution >= 4 is 30.1 Å². The molecule has 0 saturated carbocycles. The number of hydrogen-bond donors (Lipinski definition) is 2. The molecule has 0 amide bonds. The third-order valence-corrected chi connectivity index (χ3v) is 2.75. The lowest BCUT2D eigenvalue weighted by Gasteiger charge is -2.01. The van der Waals surface area contributed by atoms with Crippen molar-refractivity contribution in [3.05, 3.63) is 0 Å². The van der Waals surface area contributed by atoms with Crippen molar-refractivity contribution < 1.29 is 9.90 Å². The van der Waals surface area contributed by atoms with E-state index < -0.39 is 5.97 Å². The van der Waals surface area contributed by atoms with Gasteiger partial charge in [-0.25, -0.2) is 0 Å². The van der Waals surface area contributed by atoms with Crippen molar-refractivity contribution in [1.29, 1.82) is 0 Å². The van der Waals surface area contributed by atoms with Gasteiger partial charge in [0.2, 0.25) is 0 Å². The monoisotopic (exact) mass is 197 g/mol. The second kappa shape index (κ2) is 4.85. The Morgan fingerprint density at radius 1 is 1.73 bits per heavy atom. The van der Waals surface area contributed by atoms with Gasteiger partial charge in [-0.05, 0) is 12.7 Å². The van der Waals surface area contributed by atoms with Crippen LogP contribution in [-0.4, -0.2) is 35.2 Å². The van der Waals surface area contributed by atoms with Gasteiger partial charge in [0.05, 0.1) is 0 Å². The largest absolute Gasteiger partial charge is 0.480 e. The molecule has 0 unspecified atom stereocenters. The van der Waals surface area contributed by atoms with E-state index in [1.54, 1.807) is 11.8 Å². The minimum absolute atomic E-state index is 0. The number of carbonyl (C=O) groups is 1. The van der Waals surface area contributed by atoms with E-state index >= 15 is 0 Å². The molecule has 1 fully saturated rings. The summed E-state index contributed by atoms with van der Waals surface area (Å²) in [6.07, 6.45) is 2.77. The fourth-order valence-corrected chi connectivity index (χ4v) is 1.72. The van der Waals surface area contributed by atoms with Crippen LogP contribution in [0.1, 0.15) is 6.42 Å². The molecule has 3 nitrogen and oxygen atoms in total. The van der Waals surface area contributed by atoms with Gasteiger partial charge >= 0.3 is 5.97 Å². The summed E-state index contributed by atoms with van der Waals surface area (Å²) < 4.78 is 0. The maximum Gasteiger partial charge on any atom is 0.320 e. The van der Waals surface area contributed by atoms with Crippen LogP contribution in [0.25, 0.3) is 0 Å². The van der Waals surface area contributed by atoms with Gasteiger partial charge in [-0.15, -0.1) is 12.4 Å². The maximum atomic E-state index is 10.4. The van der Waals surface area contributed by atoms with Gasteiger partial charge in [0.25, 0.3) is 0 Å². The Morgan fingerprint density at radius 2 is 2.36 bits per heavy atom. The van der Waals surface area contributed by atoms with Crippen LogP contribution in [0, 0.1) is 0 Å². The van der Waals surface area contributed by atoms with Crippen LogP contribution < -0.4 is 5.32 Å².